The molecule has 0 bridgehead atoms. The summed E-state index contributed by atoms with van der Waals surface area (Å²) in [6, 6.07) is 7.95. The zero-order chi connectivity index (χ0) is 14.3. The smallest absolute Gasteiger partial charge is 0.224 e. The Hall–Kier alpha value is -1.35. The van der Waals surface area contributed by atoms with Gasteiger partial charge in [-0.1, -0.05) is 38.1 Å². The molecule has 1 rings (SSSR count). The van der Waals surface area contributed by atoms with Crippen LogP contribution in [0.2, 0.25) is 0 Å². The molecule has 0 aliphatic heterocycles. The van der Waals surface area contributed by atoms with Crippen molar-refractivity contribution in [2.75, 3.05) is 13.2 Å². The largest absolute Gasteiger partial charge is 0.396 e. The van der Waals surface area contributed by atoms with Crippen LogP contribution < -0.4 is 5.32 Å². The van der Waals surface area contributed by atoms with Gasteiger partial charge in [0.2, 0.25) is 5.91 Å². The van der Waals surface area contributed by atoms with Gasteiger partial charge in [-0.05, 0) is 36.3 Å². The minimum atomic E-state index is 0.0319. The number of aryl methyl sites for hydroxylation is 1. The number of aliphatic hydroxyl groups is 1. The lowest BCUT2D eigenvalue weighted by Gasteiger charge is -2.24. The predicted molar refractivity (Wildman–Crippen MR) is 78.0 cm³/mol. The van der Waals surface area contributed by atoms with Gasteiger partial charge in [0.05, 0.1) is 6.42 Å². The Labute approximate surface area is 116 Å². The summed E-state index contributed by atoms with van der Waals surface area (Å²) >= 11 is 0. The van der Waals surface area contributed by atoms with Crippen molar-refractivity contribution in [2.45, 2.75) is 40.0 Å². The van der Waals surface area contributed by atoms with Crippen molar-refractivity contribution in [3.63, 3.8) is 0 Å². The van der Waals surface area contributed by atoms with Crippen molar-refractivity contribution >= 4 is 5.91 Å². The Balaban J connectivity index is 2.42. The Bertz CT molecular complexity index is 413. The fraction of sp³-hybridized carbons (Fsp3) is 0.562. The first-order chi connectivity index (χ1) is 8.94. The van der Waals surface area contributed by atoms with Crippen molar-refractivity contribution in [3.8, 4) is 0 Å². The fourth-order valence-electron chi connectivity index (χ4n) is 2.03. The lowest BCUT2D eigenvalue weighted by Crippen LogP contribution is -2.35. The quantitative estimate of drug-likeness (QED) is 0.794. The first kappa shape index (κ1) is 15.7. The van der Waals surface area contributed by atoms with E-state index < -0.39 is 0 Å². The topological polar surface area (TPSA) is 49.3 Å². The molecule has 1 amide bonds. The van der Waals surface area contributed by atoms with Crippen LogP contribution in [0.3, 0.4) is 0 Å². The molecular formula is C16H25NO2. The molecule has 19 heavy (non-hydrogen) atoms. The number of hydrogen-bond donors (Lipinski definition) is 2. The zero-order valence-corrected chi connectivity index (χ0v) is 12.2. The van der Waals surface area contributed by atoms with E-state index in [1.807, 2.05) is 31.2 Å². The van der Waals surface area contributed by atoms with Gasteiger partial charge in [-0.2, -0.15) is 0 Å². The highest BCUT2D eigenvalue weighted by Gasteiger charge is 2.18. The second-order valence-corrected chi connectivity index (χ2v) is 5.87. The molecule has 1 aromatic carbocycles. The monoisotopic (exact) mass is 263 g/mol. The fourth-order valence-corrected chi connectivity index (χ4v) is 2.03. The van der Waals surface area contributed by atoms with E-state index in [2.05, 4.69) is 19.2 Å². The summed E-state index contributed by atoms with van der Waals surface area (Å²) in [5, 5.41) is 11.8. The lowest BCUT2D eigenvalue weighted by atomic mass is 9.88. The minimum absolute atomic E-state index is 0.0319. The SMILES string of the molecule is Cc1ccccc1CC(=O)NCC(C)(C)CCCO. The zero-order valence-electron chi connectivity index (χ0n) is 12.2. The molecule has 0 aliphatic rings. The highest BCUT2D eigenvalue weighted by Crippen LogP contribution is 2.20. The maximum atomic E-state index is 11.9. The van der Waals surface area contributed by atoms with Crippen molar-refractivity contribution in [3.05, 3.63) is 35.4 Å². The molecule has 2 N–H and O–H groups in total. The maximum Gasteiger partial charge on any atom is 0.224 e. The van der Waals surface area contributed by atoms with Gasteiger partial charge in [-0.3, -0.25) is 4.79 Å². The Morgan fingerprint density at radius 3 is 2.63 bits per heavy atom. The van der Waals surface area contributed by atoms with Crippen LogP contribution in [0.5, 0.6) is 0 Å². The Morgan fingerprint density at radius 2 is 2.00 bits per heavy atom. The summed E-state index contributed by atoms with van der Waals surface area (Å²) in [4.78, 5) is 11.9. The van der Waals surface area contributed by atoms with E-state index in [0.717, 1.165) is 24.0 Å². The van der Waals surface area contributed by atoms with E-state index in [-0.39, 0.29) is 17.9 Å². The van der Waals surface area contributed by atoms with Crippen LogP contribution in [-0.2, 0) is 11.2 Å². The Kier molecular flexibility index (Phi) is 6.03. The molecule has 3 heteroatoms. The molecule has 0 saturated carbocycles. The molecule has 0 atom stereocenters. The van der Waals surface area contributed by atoms with Crippen LogP contribution in [0.4, 0.5) is 0 Å². The van der Waals surface area contributed by atoms with Gasteiger partial charge in [0.25, 0.3) is 0 Å². The molecule has 0 aromatic heterocycles. The maximum absolute atomic E-state index is 11.9. The molecule has 0 aliphatic carbocycles. The number of nitrogens with one attached hydrogen (secondary N) is 1. The average Bonchev–Trinajstić information content (AvgIpc) is 2.37. The number of aliphatic hydroxyl groups excluding tert-OH is 1. The van der Waals surface area contributed by atoms with E-state index >= 15 is 0 Å². The van der Waals surface area contributed by atoms with Gasteiger partial charge in [-0.15, -0.1) is 0 Å². The van der Waals surface area contributed by atoms with Crippen LogP contribution in [0, 0.1) is 12.3 Å². The van der Waals surface area contributed by atoms with Gasteiger partial charge >= 0.3 is 0 Å². The number of amides is 1. The normalized spacial score (nSPS) is 11.4. The molecule has 0 spiro atoms. The summed E-state index contributed by atoms with van der Waals surface area (Å²) in [7, 11) is 0. The Morgan fingerprint density at radius 1 is 1.32 bits per heavy atom. The lowest BCUT2D eigenvalue weighted by molar-refractivity contribution is -0.120. The average molecular weight is 263 g/mol. The third-order valence-corrected chi connectivity index (χ3v) is 3.39. The molecule has 0 radical (unpaired) electrons. The molecule has 0 saturated heterocycles. The van der Waals surface area contributed by atoms with Gasteiger partial charge in [0.15, 0.2) is 0 Å². The van der Waals surface area contributed by atoms with E-state index in [9.17, 15) is 4.79 Å². The van der Waals surface area contributed by atoms with Crippen LogP contribution >= 0.6 is 0 Å². The molecular weight excluding hydrogens is 238 g/mol. The minimum Gasteiger partial charge on any atom is -0.396 e. The van der Waals surface area contributed by atoms with E-state index in [0.29, 0.717) is 13.0 Å². The third kappa shape index (κ3) is 5.88. The summed E-state index contributed by atoms with van der Waals surface area (Å²) in [5.41, 5.74) is 2.26. The molecule has 0 fully saturated rings. The highest BCUT2D eigenvalue weighted by atomic mass is 16.2. The summed E-state index contributed by atoms with van der Waals surface area (Å²) in [5.74, 6) is 0.0615. The third-order valence-electron chi connectivity index (χ3n) is 3.39. The number of benzene rings is 1. The highest BCUT2D eigenvalue weighted by molar-refractivity contribution is 5.78. The molecule has 0 heterocycles. The van der Waals surface area contributed by atoms with E-state index in [1.165, 1.54) is 0 Å². The first-order valence-electron chi connectivity index (χ1n) is 6.87. The molecule has 106 valence electrons. The van der Waals surface area contributed by atoms with E-state index in [1.54, 1.807) is 0 Å². The summed E-state index contributed by atoms with van der Waals surface area (Å²) in [6.07, 6.45) is 2.12. The van der Waals surface area contributed by atoms with Crippen molar-refractivity contribution < 1.29 is 9.90 Å². The molecule has 1 aromatic rings. The van der Waals surface area contributed by atoms with Gasteiger partial charge < -0.3 is 10.4 Å². The second kappa shape index (κ2) is 7.29. The number of rotatable bonds is 7. The van der Waals surface area contributed by atoms with Crippen LogP contribution in [0.1, 0.15) is 37.8 Å². The van der Waals surface area contributed by atoms with Crippen LogP contribution in [-0.4, -0.2) is 24.2 Å². The van der Waals surface area contributed by atoms with Crippen molar-refractivity contribution in [2.24, 2.45) is 5.41 Å². The van der Waals surface area contributed by atoms with Crippen molar-refractivity contribution in [1.29, 1.82) is 0 Å². The number of hydrogen-bond acceptors (Lipinski definition) is 2. The number of carbonyl (C=O) groups is 1. The molecule has 0 unspecified atom stereocenters. The summed E-state index contributed by atoms with van der Waals surface area (Å²) in [6.45, 7) is 7.10. The van der Waals surface area contributed by atoms with Gasteiger partial charge in [0, 0.05) is 13.2 Å². The predicted octanol–water partition coefficient (Wildman–Crippen LogP) is 2.45. The van der Waals surface area contributed by atoms with Crippen molar-refractivity contribution in [1.82, 2.24) is 5.32 Å². The van der Waals surface area contributed by atoms with Crippen LogP contribution in [0.15, 0.2) is 24.3 Å². The van der Waals surface area contributed by atoms with E-state index in [4.69, 9.17) is 5.11 Å². The van der Waals surface area contributed by atoms with Gasteiger partial charge in [0.1, 0.15) is 0 Å². The molecule has 3 nitrogen and oxygen atoms in total. The first-order valence-corrected chi connectivity index (χ1v) is 6.87. The summed E-state index contributed by atoms with van der Waals surface area (Å²) < 4.78 is 0. The number of carbonyl (C=O) groups excluding carboxylic acids is 1. The second-order valence-electron chi connectivity index (χ2n) is 5.87. The van der Waals surface area contributed by atoms with Crippen LogP contribution in [0.25, 0.3) is 0 Å². The standard InChI is InChI=1S/C16H25NO2/c1-13-7-4-5-8-14(13)11-15(19)17-12-16(2,3)9-6-10-18/h4-5,7-8,18H,6,9-12H2,1-3H3,(H,17,19). The van der Waals surface area contributed by atoms with Gasteiger partial charge in [-0.25, -0.2) is 0 Å².